The molecule has 0 aromatic heterocycles. The number of hydrogen-bond donors (Lipinski definition) is 3. The van der Waals surface area contributed by atoms with Gasteiger partial charge in [-0.25, -0.2) is 9.59 Å². The Kier molecular flexibility index (Phi) is 6.73. The van der Waals surface area contributed by atoms with Gasteiger partial charge in [0.2, 0.25) is 0 Å². The van der Waals surface area contributed by atoms with E-state index >= 15 is 0 Å². The third-order valence-corrected chi connectivity index (χ3v) is 3.00. The Labute approximate surface area is 109 Å². The second kappa shape index (κ2) is 7.24. The van der Waals surface area contributed by atoms with E-state index in [4.69, 9.17) is 5.11 Å². The monoisotopic (exact) mass is 258 g/mol. The van der Waals surface area contributed by atoms with Gasteiger partial charge >= 0.3 is 12.0 Å². The van der Waals surface area contributed by atoms with Crippen LogP contribution in [0.25, 0.3) is 0 Å². The summed E-state index contributed by atoms with van der Waals surface area (Å²) in [5.74, 6) is -0.771. The zero-order valence-corrected chi connectivity index (χ0v) is 12.0. The van der Waals surface area contributed by atoms with Crippen molar-refractivity contribution >= 4 is 12.0 Å². The molecule has 0 bridgehead atoms. The van der Waals surface area contributed by atoms with E-state index in [9.17, 15) is 9.59 Å². The highest BCUT2D eigenvalue weighted by molar-refractivity contribution is 5.82. The van der Waals surface area contributed by atoms with Crippen LogP contribution in [-0.4, -0.2) is 29.7 Å². The van der Waals surface area contributed by atoms with Gasteiger partial charge in [-0.1, -0.05) is 34.6 Å². The first-order valence-corrected chi connectivity index (χ1v) is 6.45. The molecule has 0 radical (unpaired) electrons. The molecule has 0 fully saturated rings. The Morgan fingerprint density at radius 1 is 1.28 bits per heavy atom. The second-order valence-corrected chi connectivity index (χ2v) is 5.87. The van der Waals surface area contributed by atoms with E-state index in [1.807, 2.05) is 13.8 Å². The van der Waals surface area contributed by atoms with E-state index in [0.717, 1.165) is 6.42 Å². The highest BCUT2D eigenvalue weighted by Crippen LogP contribution is 2.17. The van der Waals surface area contributed by atoms with E-state index in [2.05, 4.69) is 31.4 Å². The normalized spacial score (nSPS) is 13.2. The topological polar surface area (TPSA) is 78.4 Å². The first-order valence-electron chi connectivity index (χ1n) is 6.45. The van der Waals surface area contributed by atoms with Gasteiger partial charge in [0.15, 0.2) is 0 Å². The molecule has 0 aromatic rings. The molecule has 1 atom stereocenters. The predicted molar refractivity (Wildman–Crippen MR) is 71.5 cm³/mol. The van der Waals surface area contributed by atoms with E-state index in [-0.39, 0.29) is 11.3 Å². The number of aliphatic carboxylic acids is 1. The summed E-state index contributed by atoms with van der Waals surface area (Å²) < 4.78 is 0. The van der Waals surface area contributed by atoms with Crippen LogP contribution in [0.3, 0.4) is 0 Å². The SMILES string of the molecule is CCC(C)(C)CNC(=O)NC(CC(C)C)C(=O)O. The van der Waals surface area contributed by atoms with Crippen LogP contribution in [0.2, 0.25) is 0 Å². The largest absolute Gasteiger partial charge is 0.480 e. The Bertz CT molecular complexity index is 288. The molecule has 0 aliphatic carbocycles. The van der Waals surface area contributed by atoms with Gasteiger partial charge in [-0.3, -0.25) is 0 Å². The molecule has 2 amide bonds. The standard InChI is InChI=1S/C13H26N2O3/c1-6-13(4,5)8-14-12(18)15-10(11(16)17)7-9(2)3/h9-10H,6-8H2,1-5H3,(H,16,17)(H2,14,15,18). The predicted octanol–water partition coefficient (Wildman–Crippen LogP) is 2.22. The van der Waals surface area contributed by atoms with Crippen LogP contribution in [0.4, 0.5) is 4.79 Å². The number of hydrogen-bond acceptors (Lipinski definition) is 2. The molecule has 18 heavy (non-hydrogen) atoms. The highest BCUT2D eigenvalue weighted by Gasteiger charge is 2.22. The third-order valence-electron chi connectivity index (χ3n) is 3.00. The maximum Gasteiger partial charge on any atom is 0.326 e. The average molecular weight is 258 g/mol. The zero-order chi connectivity index (χ0) is 14.3. The number of urea groups is 1. The summed E-state index contributed by atoms with van der Waals surface area (Å²) in [5.41, 5.74) is 0.0219. The minimum atomic E-state index is -0.992. The summed E-state index contributed by atoms with van der Waals surface area (Å²) in [6.07, 6.45) is 1.38. The molecule has 3 N–H and O–H groups in total. The number of carbonyl (C=O) groups is 2. The van der Waals surface area contributed by atoms with Crippen LogP contribution in [0.15, 0.2) is 0 Å². The molecule has 5 nitrogen and oxygen atoms in total. The van der Waals surface area contributed by atoms with Crippen molar-refractivity contribution in [2.45, 2.75) is 53.5 Å². The Morgan fingerprint density at radius 2 is 1.83 bits per heavy atom. The summed E-state index contributed by atoms with van der Waals surface area (Å²) >= 11 is 0. The van der Waals surface area contributed by atoms with Crippen molar-refractivity contribution in [3.63, 3.8) is 0 Å². The van der Waals surface area contributed by atoms with Crippen molar-refractivity contribution in [2.24, 2.45) is 11.3 Å². The zero-order valence-electron chi connectivity index (χ0n) is 12.0. The van der Waals surface area contributed by atoms with E-state index in [1.54, 1.807) is 0 Å². The van der Waals surface area contributed by atoms with Crippen molar-refractivity contribution in [3.05, 3.63) is 0 Å². The first-order chi connectivity index (χ1) is 8.18. The van der Waals surface area contributed by atoms with Gasteiger partial charge in [0.05, 0.1) is 0 Å². The molecular formula is C13H26N2O3. The smallest absolute Gasteiger partial charge is 0.326 e. The lowest BCUT2D eigenvalue weighted by atomic mass is 9.90. The lowest BCUT2D eigenvalue weighted by Crippen LogP contribution is -2.48. The molecule has 0 rings (SSSR count). The van der Waals surface area contributed by atoms with Crippen LogP contribution >= 0.6 is 0 Å². The van der Waals surface area contributed by atoms with E-state index < -0.39 is 18.0 Å². The quantitative estimate of drug-likeness (QED) is 0.655. The lowest BCUT2D eigenvalue weighted by Gasteiger charge is -2.24. The molecule has 0 saturated carbocycles. The van der Waals surface area contributed by atoms with E-state index in [1.165, 1.54) is 0 Å². The van der Waals surface area contributed by atoms with Crippen LogP contribution in [0.5, 0.6) is 0 Å². The fourth-order valence-electron chi connectivity index (χ4n) is 1.35. The van der Waals surface area contributed by atoms with Gasteiger partial charge < -0.3 is 15.7 Å². The maximum absolute atomic E-state index is 11.6. The highest BCUT2D eigenvalue weighted by atomic mass is 16.4. The number of amides is 2. The molecule has 0 aliphatic rings. The minimum Gasteiger partial charge on any atom is -0.480 e. The van der Waals surface area contributed by atoms with Crippen LogP contribution < -0.4 is 10.6 Å². The lowest BCUT2D eigenvalue weighted by molar-refractivity contribution is -0.139. The first kappa shape index (κ1) is 16.7. The van der Waals surface area contributed by atoms with Gasteiger partial charge in [-0.2, -0.15) is 0 Å². The Morgan fingerprint density at radius 3 is 2.22 bits per heavy atom. The third kappa shape index (κ3) is 7.14. The van der Waals surface area contributed by atoms with Crippen LogP contribution in [0, 0.1) is 11.3 Å². The summed E-state index contributed by atoms with van der Waals surface area (Å²) in [4.78, 5) is 22.6. The molecular weight excluding hydrogens is 232 g/mol. The van der Waals surface area contributed by atoms with Crippen molar-refractivity contribution in [1.82, 2.24) is 10.6 Å². The summed E-state index contributed by atoms with van der Waals surface area (Å²) in [5, 5.41) is 14.2. The molecule has 0 spiro atoms. The van der Waals surface area contributed by atoms with Crippen molar-refractivity contribution in [2.75, 3.05) is 6.54 Å². The van der Waals surface area contributed by atoms with Gasteiger partial charge in [0.1, 0.15) is 6.04 Å². The van der Waals surface area contributed by atoms with Crippen LogP contribution in [-0.2, 0) is 4.79 Å². The molecule has 106 valence electrons. The van der Waals surface area contributed by atoms with Gasteiger partial charge in [-0.15, -0.1) is 0 Å². The van der Waals surface area contributed by atoms with Gasteiger partial charge in [0, 0.05) is 6.54 Å². The fraction of sp³-hybridized carbons (Fsp3) is 0.846. The molecule has 5 heteroatoms. The Hall–Kier alpha value is -1.26. The number of carboxylic acid groups (broad SMARTS) is 1. The molecule has 0 aliphatic heterocycles. The average Bonchev–Trinajstić information content (AvgIpc) is 2.25. The van der Waals surface area contributed by atoms with Crippen molar-refractivity contribution in [3.8, 4) is 0 Å². The number of carboxylic acids is 1. The summed E-state index contributed by atoms with van der Waals surface area (Å²) in [7, 11) is 0. The molecule has 1 unspecified atom stereocenters. The fourth-order valence-corrected chi connectivity index (χ4v) is 1.35. The van der Waals surface area contributed by atoms with Crippen LogP contribution in [0.1, 0.15) is 47.5 Å². The number of carbonyl (C=O) groups excluding carboxylic acids is 1. The van der Waals surface area contributed by atoms with Crippen molar-refractivity contribution < 1.29 is 14.7 Å². The van der Waals surface area contributed by atoms with E-state index in [0.29, 0.717) is 13.0 Å². The maximum atomic E-state index is 11.6. The van der Waals surface area contributed by atoms with Crippen molar-refractivity contribution in [1.29, 1.82) is 0 Å². The van der Waals surface area contributed by atoms with Gasteiger partial charge in [-0.05, 0) is 24.2 Å². The number of nitrogens with one attached hydrogen (secondary N) is 2. The number of rotatable bonds is 7. The molecule has 0 heterocycles. The second-order valence-electron chi connectivity index (χ2n) is 5.87. The molecule has 0 aromatic carbocycles. The van der Waals surface area contributed by atoms with Gasteiger partial charge in [0.25, 0.3) is 0 Å². The minimum absolute atomic E-state index is 0.0219. The summed E-state index contributed by atoms with van der Waals surface area (Å²) in [6, 6.07) is -1.24. The Balaban J connectivity index is 4.23. The summed E-state index contributed by atoms with van der Waals surface area (Å²) in [6.45, 7) is 10.5. The molecule has 0 saturated heterocycles.